The summed E-state index contributed by atoms with van der Waals surface area (Å²) >= 11 is 1.40. The zero-order valence-electron chi connectivity index (χ0n) is 15.2. The molecule has 3 heterocycles. The number of rotatable bonds is 5. The molecule has 1 aliphatic rings. The Bertz CT molecular complexity index is 990. The van der Waals surface area contributed by atoms with Crippen LogP contribution in [-0.4, -0.2) is 33.3 Å². The highest BCUT2D eigenvalue weighted by molar-refractivity contribution is 7.17. The number of hydrogen-bond donors (Lipinski definition) is 1. The van der Waals surface area contributed by atoms with E-state index in [1.54, 1.807) is 30.6 Å². The van der Waals surface area contributed by atoms with Gasteiger partial charge in [0, 0.05) is 37.6 Å². The minimum absolute atomic E-state index is 0.376. The fraction of sp³-hybridized carbons (Fsp3) is 0.316. The molecule has 1 aromatic carbocycles. The fourth-order valence-electron chi connectivity index (χ4n) is 3.01. The Labute approximate surface area is 166 Å². The summed E-state index contributed by atoms with van der Waals surface area (Å²) in [6.45, 7) is 2.36. The van der Waals surface area contributed by atoms with E-state index in [1.807, 2.05) is 0 Å². The van der Waals surface area contributed by atoms with Crippen LogP contribution in [0.25, 0.3) is 11.4 Å². The lowest BCUT2D eigenvalue weighted by Gasteiger charge is -2.25. The van der Waals surface area contributed by atoms with Gasteiger partial charge in [0.15, 0.2) is 5.82 Å². The Morgan fingerprint density at radius 3 is 2.64 bits per heavy atom. The molecule has 3 aromatic rings. The molecule has 9 heteroatoms. The Balaban J connectivity index is 1.62. The van der Waals surface area contributed by atoms with E-state index >= 15 is 0 Å². The second-order valence-electron chi connectivity index (χ2n) is 6.44. The number of piperidine rings is 1. The van der Waals surface area contributed by atoms with Crippen molar-refractivity contribution in [1.82, 2.24) is 20.2 Å². The van der Waals surface area contributed by atoms with Crippen molar-refractivity contribution < 1.29 is 4.74 Å². The number of aromatic nitrogens is 4. The van der Waals surface area contributed by atoms with E-state index in [2.05, 4.69) is 31.1 Å². The molecule has 0 aliphatic carbocycles. The highest BCUT2D eigenvalue weighted by Gasteiger charge is 2.18. The number of benzene rings is 1. The molecule has 0 saturated carbocycles. The lowest BCUT2D eigenvalue weighted by molar-refractivity contribution is 0.474. The van der Waals surface area contributed by atoms with Crippen LogP contribution in [0.2, 0.25) is 0 Å². The van der Waals surface area contributed by atoms with Gasteiger partial charge in [0.25, 0.3) is 0 Å². The van der Waals surface area contributed by atoms with Crippen LogP contribution in [0.4, 0.5) is 5.13 Å². The van der Waals surface area contributed by atoms with Crippen LogP contribution in [0, 0.1) is 11.3 Å². The molecule has 0 radical (unpaired) electrons. The lowest BCUT2D eigenvalue weighted by Crippen LogP contribution is -2.29. The van der Waals surface area contributed by atoms with Gasteiger partial charge in [-0.25, -0.2) is 9.97 Å². The zero-order chi connectivity index (χ0) is 19.3. The van der Waals surface area contributed by atoms with Crippen molar-refractivity contribution in [2.45, 2.75) is 25.8 Å². The molecule has 0 unspecified atom stereocenters. The predicted molar refractivity (Wildman–Crippen MR) is 106 cm³/mol. The summed E-state index contributed by atoms with van der Waals surface area (Å²) in [5.74, 6) is 0.971. The number of ether oxygens (including phenoxy) is 1. The first-order valence-electron chi connectivity index (χ1n) is 9.08. The number of nitriles is 1. The normalized spacial score (nSPS) is 13.9. The van der Waals surface area contributed by atoms with Crippen LogP contribution in [0.15, 0.2) is 30.6 Å². The van der Waals surface area contributed by atoms with E-state index < -0.39 is 0 Å². The Morgan fingerprint density at radius 2 is 1.93 bits per heavy atom. The van der Waals surface area contributed by atoms with Crippen LogP contribution in [-0.2, 0) is 6.54 Å². The third-order valence-corrected chi connectivity index (χ3v) is 5.37. The molecule has 8 nitrogen and oxygen atoms in total. The highest BCUT2D eigenvalue weighted by Crippen LogP contribution is 2.36. The standard InChI is InChI=1S/C19H19N7OS/c20-9-13-4-5-15(17-22-11-14(10-21)12-23-17)16(8-13)27-19-25-24-18(28-19)26-6-2-1-3-7-26/h4-5,8,11-12H,1-3,6-7,10,21H2. The number of hydrogen-bond acceptors (Lipinski definition) is 9. The van der Waals surface area contributed by atoms with Crippen molar-refractivity contribution in [1.29, 1.82) is 5.26 Å². The SMILES string of the molecule is N#Cc1ccc(-c2ncc(CN)cn2)c(Oc2nnc(N3CCCCC3)s2)c1. The van der Waals surface area contributed by atoms with Crippen LogP contribution in [0.3, 0.4) is 0 Å². The molecule has 1 fully saturated rings. The largest absolute Gasteiger partial charge is 0.429 e. The summed E-state index contributed by atoms with van der Waals surface area (Å²) < 4.78 is 6.00. The van der Waals surface area contributed by atoms with Gasteiger partial charge in [-0.15, -0.1) is 5.10 Å². The van der Waals surface area contributed by atoms with Gasteiger partial charge in [-0.2, -0.15) is 5.26 Å². The Hall–Kier alpha value is -3.09. The van der Waals surface area contributed by atoms with Gasteiger partial charge in [-0.1, -0.05) is 5.10 Å². The van der Waals surface area contributed by atoms with Crippen LogP contribution < -0.4 is 15.4 Å². The summed E-state index contributed by atoms with van der Waals surface area (Å²) in [5.41, 5.74) is 7.62. The van der Waals surface area contributed by atoms with E-state index in [4.69, 9.17) is 10.5 Å². The number of anilines is 1. The molecule has 142 valence electrons. The topological polar surface area (TPSA) is 114 Å². The first-order chi connectivity index (χ1) is 13.8. The van der Waals surface area contributed by atoms with Crippen molar-refractivity contribution >= 4 is 16.5 Å². The van der Waals surface area contributed by atoms with Crippen molar-refractivity contribution in [2.75, 3.05) is 18.0 Å². The van der Waals surface area contributed by atoms with Crippen molar-refractivity contribution in [3.63, 3.8) is 0 Å². The maximum absolute atomic E-state index is 9.25. The first-order valence-corrected chi connectivity index (χ1v) is 9.90. The Kier molecular flexibility index (Phi) is 5.41. The zero-order valence-corrected chi connectivity index (χ0v) is 16.0. The average Bonchev–Trinajstić information content (AvgIpc) is 3.23. The summed E-state index contributed by atoms with van der Waals surface area (Å²) in [5, 5.41) is 19.0. The first kappa shape index (κ1) is 18.3. The molecule has 4 rings (SSSR count). The number of nitrogens with zero attached hydrogens (tertiary/aromatic N) is 6. The molecule has 28 heavy (non-hydrogen) atoms. The summed E-state index contributed by atoms with van der Waals surface area (Å²) in [4.78, 5) is 11.0. The van der Waals surface area contributed by atoms with Gasteiger partial charge < -0.3 is 15.4 Å². The van der Waals surface area contributed by atoms with Crippen molar-refractivity contribution in [3.05, 3.63) is 41.7 Å². The Morgan fingerprint density at radius 1 is 1.14 bits per heavy atom. The highest BCUT2D eigenvalue weighted by atomic mass is 32.1. The number of nitrogens with two attached hydrogens (primary N) is 1. The monoisotopic (exact) mass is 393 g/mol. The lowest BCUT2D eigenvalue weighted by atomic mass is 10.1. The van der Waals surface area contributed by atoms with Gasteiger partial charge in [-0.3, -0.25) is 0 Å². The van der Waals surface area contributed by atoms with Crippen LogP contribution in [0.1, 0.15) is 30.4 Å². The van der Waals surface area contributed by atoms with Gasteiger partial charge in [-0.05, 0) is 48.8 Å². The minimum Gasteiger partial charge on any atom is -0.429 e. The molecular formula is C19H19N7OS. The summed E-state index contributed by atoms with van der Waals surface area (Å²) in [6.07, 6.45) is 6.96. The van der Waals surface area contributed by atoms with E-state index in [0.29, 0.717) is 34.4 Å². The van der Waals surface area contributed by atoms with E-state index in [0.717, 1.165) is 23.8 Å². The average molecular weight is 393 g/mol. The van der Waals surface area contributed by atoms with Gasteiger partial charge in [0.1, 0.15) is 5.75 Å². The third-order valence-electron chi connectivity index (χ3n) is 4.51. The van der Waals surface area contributed by atoms with Crippen LogP contribution >= 0.6 is 11.3 Å². The smallest absolute Gasteiger partial charge is 0.301 e. The van der Waals surface area contributed by atoms with Gasteiger partial charge in [0.2, 0.25) is 5.13 Å². The van der Waals surface area contributed by atoms with E-state index in [-0.39, 0.29) is 0 Å². The quantitative estimate of drug-likeness (QED) is 0.703. The maximum atomic E-state index is 9.25. The maximum Gasteiger partial charge on any atom is 0.301 e. The summed E-state index contributed by atoms with van der Waals surface area (Å²) in [6, 6.07) is 7.28. The molecule has 2 N–H and O–H groups in total. The van der Waals surface area contributed by atoms with Gasteiger partial charge >= 0.3 is 5.19 Å². The van der Waals surface area contributed by atoms with Crippen LogP contribution in [0.5, 0.6) is 10.9 Å². The minimum atomic E-state index is 0.376. The second kappa shape index (κ2) is 8.29. The molecule has 1 aliphatic heterocycles. The molecule has 1 saturated heterocycles. The molecule has 0 spiro atoms. The molecule has 2 aromatic heterocycles. The van der Waals surface area contributed by atoms with Crippen molar-refractivity contribution in [3.8, 4) is 28.4 Å². The summed E-state index contributed by atoms with van der Waals surface area (Å²) in [7, 11) is 0. The fourth-order valence-corrected chi connectivity index (χ4v) is 3.77. The molecule has 0 bridgehead atoms. The second-order valence-corrected chi connectivity index (χ2v) is 7.36. The van der Waals surface area contributed by atoms with Gasteiger partial charge in [0.05, 0.1) is 17.2 Å². The predicted octanol–water partition coefficient (Wildman–Crippen LogP) is 3.11. The molecule has 0 atom stereocenters. The molecular weight excluding hydrogens is 374 g/mol. The van der Waals surface area contributed by atoms with E-state index in [9.17, 15) is 5.26 Å². The molecule has 0 amide bonds. The van der Waals surface area contributed by atoms with Crippen molar-refractivity contribution in [2.24, 2.45) is 5.73 Å². The third kappa shape index (κ3) is 3.93. The van der Waals surface area contributed by atoms with E-state index in [1.165, 1.54) is 30.6 Å².